The van der Waals surface area contributed by atoms with Gasteiger partial charge in [0.05, 0.1) is 12.0 Å². The van der Waals surface area contributed by atoms with Crippen molar-refractivity contribution in [2.75, 3.05) is 13.2 Å². The highest BCUT2D eigenvalue weighted by atomic mass is 16.5. The van der Waals surface area contributed by atoms with Crippen LogP contribution in [-0.4, -0.2) is 36.4 Å². The summed E-state index contributed by atoms with van der Waals surface area (Å²) in [6.45, 7) is 7.53. The molecule has 0 spiro atoms. The lowest BCUT2D eigenvalue weighted by molar-refractivity contribution is -0.139. The Morgan fingerprint density at radius 2 is 2.10 bits per heavy atom. The van der Waals surface area contributed by atoms with Crippen molar-refractivity contribution in [3.05, 3.63) is 35.9 Å². The number of aliphatic carboxylic acids is 1. The van der Waals surface area contributed by atoms with Gasteiger partial charge in [-0.25, -0.2) is 0 Å². The number of hydrogen-bond donors (Lipinski definition) is 2. The molecule has 0 saturated heterocycles. The van der Waals surface area contributed by atoms with Gasteiger partial charge in [-0.2, -0.15) is 0 Å². The van der Waals surface area contributed by atoms with Gasteiger partial charge in [-0.1, -0.05) is 44.2 Å². The van der Waals surface area contributed by atoms with E-state index in [0.717, 1.165) is 18.6 Å². The van der Waals surface area contributed by atoms with Crippen LogP contribution in [0.25, 0.3) is 0 Å². The molecule has 0 heterocycles. The molecule has 116 valence electrons. The highest BCUT2D eigenvalue weighted by molar-refractivity contribution is 5.76. The zero-order chi connectivity index (χ0) is 15.5. The number of carboxylic acids is 1. The van der Waals surface area contributed by atoms with Crippen molar-refractivity contribution < 1.29 is 14.6 Å². The lowest BCUT2D eigenvalue weighted by Gasteiger charge is -2.52. The first kappa shape index (κ1) is 16.0. The Morgan fingerprint density at radius 3 is 2.62 bits per heavy atom. The molecule has 1 saturated carbocycles. The maximum Gasteiger partial charge on any atom is 0.312 e. The van der Waals surface area contributed by atoms with Crippen molar-refractivity contribution in [3.63, 3.8) is 0 Å². The molecule has 0 amide bonds. The number of hydrogen-bond acceptors (Lipinski definition) is 3. The van der Waals surface area contributed by atoms with Gasteiger partial charge >= 0.3 is 5.97 Å². The summed E-state index contributed by atoms with van der Waals surface area (Å²) in [5.74, 6) is -1.29. The lowest BCUT2D eigenvalue weighted by atomic mass is 9.64. The van der Waals surface area contributed by atoms with Gasteiger partial charge in [0, 0.05) is 24.6 Å². The van der Waals surface area contributed by atoms with Crippen molar-refractivity contribution in [2.24, 2.45) is 5.41 Å². The molecule has 1 fully saturated rings. The minimum absolute atomic E-state index is 0.0513. The van der Waals surface area contributed by atoms with E-state index in [1.807, 2.05) is 37.3 Å². The predicted molar refractivity (Wildman–Crippen MR) is 82.4 cm³/mol. The fraction of sp³-hybridized carbons (Fsp3) is 0.588. The van der Waals surface area contributed by atoms with Crippen molar-refractivity contribution in [3.8, 4) is 0 Å². The first-order valence-electron chi connectivity index (χ1n) is 7.59. The van der Waals surface area contributed by atoms with Gasteiger partial charge in [0.2, 0.25) is 0 Å². The summed E-state index contributed by atoms with van der Waals surface area (Å²) in [5.41, 5.74) is 0.895. The zero-order valence-electron chi connectivity index (χ0n) is 13.0. The molecule has 4 heteroatoms. The molecule has 0 aromatic heterocycles. The summed E-state index contributed by atoms with van der Waals surface area (Å²) >= 11 is 0. The Labute approximate surface area is 126 Å². The third kappa shape index (κ3) is 3.44. The second-order valence-corrected chi connectivity index (χ2v) is 6.26. The van der Waals surface area contributed by atoms with Crippen LogP contribution >= 0.6 is 0 Å². The molecular weight excluding hydrogens is 266 g/mol. The number of rotatable bonds is 7. The van der Waals surface area contributed by atoms with E-state index in [4.69, 9.17) is 4.74 Å². The van der Waals surface area contributed by atoms with Gasteiger partial charge < -0.3 is 15.2 Å². The standard InChI is InChI=1S/C17H25NO3/c1-4-21-15-10-14(17(15,2)3)18-11-13(16(19)20)12-8-6-5-7-9-12/h5-9,13-15,18H,4,10-11H2,1-3H3,(H,19,20). The quantitative estimate of drug-likeness (QED) is 0.811. The van der Waals surface area contributed by atoms with Crippen LogP contribution in [0, 0.1) is 5.41 Å². The zero-order valence-corrected chi connectivity index (χ0v) is 13.0. The summed E-state index contributed by atoms with van der Waals surface area (Å²) in [7, 11) is 0. The van der Waals surface area contributed by atoms with E-state index in [2.05, 4.69) is 19.2 Å². The Kier molecular flexibility index (Phi) is 5.01. The highest BCUT2D eigenvalue weighted by Crippen LogP contribution is 2.42. The summed E-state index contributed by atoms with van der Waals surface area (Å²) in [6, 6.07) is 9.70. The topological polar surface area (TPSA) is 58.6 Å². The molecule has 0 radical (unpaired) electrons. The average molecular weight is 291 g/mol. The number of carboxylic acid groups (broad SMARTS) is 1. The molecule has 0 aliphatic heterocycles. The van der Waals surface area contributed by atoms with Crippen molar-refractivity contribution in [2.45, 2.75) is 45.3 Å². The Hall–Kier alpha value is -1.39. The van der Waals surface area contributed by atoms with E-state index in [9.17, 15) is 9.90 Å². The largest absolute Gasteiger partial charge is 0.481 e. The van der Waals surface area contributed by atoms with Crippen LogP contribution in [0.4, 0.5) is 0 Å². The minimum Gasteiger partial charge on any atom is -0.481 e. The monoisotopic (exact) mass is 291 g/mol. The lowest BCUT2D eigenvalue weighted by Crippen LogP contribution is -2.61. The van der Waals surface area contributed by atoms with E-state index in [1.54, 1.807) is 0 Å². The number of benzene rings is 1. The highest BCUT2D eigenvalue weighted by Gasteiger charge is 2.48. The van der Waals surface area contributed by atoms with Crippen molar-refractivity contribution in [1.82, 2.24) is 5.32 Å². The van der Waals surface area contributed by atoms with Crippen molar-refractivity contribution in [1.29, 1.82) is 0 Å². The SMILES string of the molecule is CCOC1CC(NCC(C(=O)O)c2ccccc2)C1(C)C. The summed E-state index contributed by atoms with van der Waals surface area (Å²) in [4.78, 5) is 11.5. The molecule has 3 unspecified atom stereocenters. The van der Waals surface area contributed by atoms with Gasteiger partial charge in [0.1, 0.15) is 0 Å². The normalized spacial score (nSPS) is 25.1. The molecule has 1 aliphatic rings. The van der Waals surface area contributed by atoms with E-state index in [1.165, 1.54) is 0 Å². The number of nitrogens with one attached hydrogen (secondary N) is 1. The molecule has 1 aliphatic carbocycles. The van der Waals surface area contributed by atoms with E-state index in [-0.39, 0.29) is 11.5 Å². The van der Waals surface area contributed by atoms with Gasteiger partial charge in [-0.15, -0.1) is 0 Å². The molecule has 4 nitrogen and oxygen atoms in total. The Balaban J connectivity index is 1.94. The average Bonchev–Trinajstić information content (AvgIpc) is 2.46. The predicted octanol–water partition coefficient (Wildman–Crippen LogP) is 2.65. The second kappa shape index (κ2) is 6.58. The molecule has 2 rings (SSSR count). The van der Waals surface area contributed by atoms with Crippen LogP contribution in [-0.2, 0) is 9.53 Å². The van der Waals surface area contributed by atoms with Crippen LogP contribution in [0.5, 0.6) is 0 Å². The van der Waals surface area contributed by atoms with Crippen LogP contribution in [0.3, 0.4) is 0 Å². The third-order valence-electron chi connectivity index (χ3n) is 4.61. The van der Waals surface area contributed by atoms with E-state index in [0.29, 0.717) is 12.6 Å². The van der Waals surface area contributed by atoms with Crippen LogP contribution in [0.2, 0.25) is 0 Å². The Morgan fingerprint density at radius 1 is 1.43 bits per heavy atom. The third-order valence-corrected chi connectivity index (χ3v) is 4.61. The number of carbonyl (C=O) groups is 1. The van der Waals surface area contributed by atoms with Crippen LogP contribution in [0.15, 0.2) is 30.3 Å². The summed E-state index contributed by atoms with van der Waals surface area (Å²) < 4.78 is 5.71. The smallest absolute Gasteiger partial charge is 0.312 e. The minimum atomic E-state index is -0.785. The molecule has 21 heavy (non-hydrogen) atoms. The second-order valence-electron chi connectivity index (χ2n) is 6.26. The Bertz CT molecular complexity index is 472. The van der Waals surface area contributed by atoms with Gasteiger partial charge in [0.25, 0.3) is 0 Å². The fourth-order valence-electron chi connectivity index (χ4n) is 3.01. The molecule has 1 aromatic carbocycles. The molecule has 3 atom stereocenters. The first-order valence-corrected chi connectivity index (χ1v) is 7.59. The van der Waals surface area contributed by atoms with Gasteiger partial charge in [-0.05, 0) is 18.9 Å². The summed E-state index contributed by atoms with van der Waals surface area (Å²) in [6.07, 6.45) is 1.21. The molecule has 1 aromatic rings. The number of ether oxygens (including phenoxy) is 1. The molecule has 0 bridgehead atoms. The van der Waals surface area contributed by atoms with Gasteiger partial charge in [-0.3, -0.25) is 4.79 Å². The van der Waals surface area contributed by atoms with Gasteiger partial charge in [0.15, 0.2) is 0 Å². The summed E-state index contributed by atoms with van der Waals surface area (Å²) in [5, 5.41) is 12.8. The molecule has 2 N–H and O–H groups in total. The van der Waals surface area contributed by atoms with Crippen LogP contribution < -0.4 is 5.32 Å². The van der Waals surface area contributed by atoms with Crippen LogP contribution in [0.1, 0.15) is 38.7 Å². The fourth-order valence-corrected chi connectivity index (χ4v) is 3.01. The maximum absolute atomic E-state index is 11.5. The maximum atomic E-state index is 11.5. The molecular formula is C17H25NO3. The van der Waals surface area contributed by atoms with E-state index < -0.39 is 11.9 Å². The van der Waals surface area contributed by atoms with Crippen molar-refractivity contribution >= 4 is 5.97 Å². The first-order chi connectivity index (χ1) is 9.96. The van der Waals surface area contributed by atoms with E-state index >= 15 is 0 Å².